The molecular formula is C21H26N4S. The Bertz CT molecular complexity index is 884. The number of piperidine rings is 1. The van der Waals surface area contributed by atoms with Crippen LogP contribution in [-0.4, -0.2) is 28.0 Å². The first kappa shape index (κ1) is 16.5. The molecule has 5 heteroatoms. The lowest BCUT2D eigenvalue weighted by molar-refractivity contribution is 0.443. The number of aromatic amines is 1. The molecule has 2 aliphatic rings. The molecule has 3 aromatic rings. The van der Waals surface area contributed by atoms with E-state index in [4.69, 9.17) is 9.97 Å². The fraction of sp³-hybridized carbons (Fsp3) is 0.524. The summed E-state index contributed by atoms with van der Waals surface area (Å²) in [6.45, 7) is 2.22. The van der Waals surface area contributed by atoms with Gasteiger partial charge in [-0.2, -0.15) is 0 Å². The molecule has 0 radical (unpaired) electrons. The number of nitrogens with one attached hydrogen (secondary N) is 2. The Morgan fingerprint density at radius 1 is 1.00 bits per heavy atom. The summed E-state index contributed by atoms with van der Waals surface area (Å²) < 4.78 is 0. The highest BCUT2D eigenvalue weighted by Crippen LogP contribution is 2.37. The molecule has 2 N–H and O–H groups in total. The van der Waals surface area contributed by atoms with Crippen LogP contribution in [0.2, 0.25) is 0 Å². The Hall–Kier alpha value is -1.72. The third kappa shape index (κ3) is 3.08. The molecule has 0 amide bonds. The number of rotatable bonds is 3. The van der Waals surface area contributed by atoms with Gasteiger partial charge >= 0.3 is 0 Å². The molecule has 1 aliphatic heterocycles. The van der Waals surface area contributed by atoms with E-state index in [2.05, 4.69) is 34.1 Å². The van der Waals surface area contributed by atoms with Crippen molar-refractivity contribution >= 4 is 22.4 Å². The highest BCUT2D eigenvalue weighted by Gasteiger charge is 2.21. The highest BCUT2D eigenvalue weighted by molar-refractivity contribution is 7.10. The van der Waals surface area contributed by atoms with Gasteiger partial charge in [0.1, 0.15) is 5.65 Å². The van der Waals surface area contributed by atoms with Crippen LogP contribution in [-0.2, 0) is 0 Å². The number of nitrogens with zero attached hydrogens (tertiary/aromatic N) is 2. The molecular weight excluding hydrogens is 340 g/mol. The van der Waals surface area contributed by atoms with Gasteiger partial charge in [-0.1, -0.05) is 19.3 Å². The summed E-state index contributed by atoms with van der Waals surface area (Å²) in [4.78, 5) is 13.1. The van der Waals surface area contributed by atoms with E-state index in [1.807, 2.05) is 11.3 Å². The predicted octanol–water partition coefficient (Wildman–Crippen LogP) is 5.20. The van der Waals surface area contributed by atoms with Crippen LogP contribution in [0.4, 0.5) is 0 Å². The van der Waals surface area contributed by atoms with E-state index in [9.17, 15) is 0 Å². The summed E-state index contributed by atoms with van der Waals surface area (Å²) in [5, 5.41) is 8.20. The minimum absolute atomic E-state index is 0.621. The average molecular weight is 367 g/mol. The largest absolute Gasteiger partial charge is 0.345 e. The first-order chi connectivity index (χ1) is 12.9. The summed E-state index contributed by atoms with van der Waals surface area (Å²) in [5.41, 5.74) is 4.71. The van der Waals surface area contributed by atoms with E-state index in [1.54, 1.807) is 0 Å². The lowest BCUT2D eigenvalue weighted by Gasteiger charge is -2.21. The van der Waals surface area contributed by atoms with Crippen LogP contribution >= 0.6 is 11.3 Å². The first-order valence-corrected chi connectivity index (χ1v) is 10.9. The molecule has 0 spiro atoms. The molecule has 1 saturated carbocycles. The minimum atomic E-state index is 0.621. The molecule has 26 heavy (non-hydrogen) atoms. The molecule has 136 valence electrons. The van der Waals surface area contributed by atoms with Gasteiger partial charge in [-0.25, -0.2) is 9.97 Å². The second kappa shape index (κ2) is 7.12. The van der Waals surface area contributed by atoms with Gasteiger partial charge in [0.25, 0.3) is 0 Å². The van der Waals surface area contributed by atoms with Crippen molar-refractivity contribution in [2.24, 2.45) is 0 Å². The van der Waals surface area contributed by atoms with Gasteiger partial charge in [0, 0.05) is 34.6 Å². The molecule has 2 fully saturated rings. The predicted molar refractivity (Wildman–Crippen MR) is 108 cm³/mol. The smallest absolute Gasteiger partial charge is 0.137 e. The zero-order valence-corrected chi connectivity index (χ0v) is 15.9. The fourth-order valence-electron chi connectivity index (χ4n) is 4.56. The third-order valence-electron chi connectivity index (χ3n) is 6.12. The molecule has 1 aliphatic carbocycles. The number of hydrogen-bond donors (Lipinski definition) is 2. The number of hydrogen-bond acceptors (Lipinski definition) is 4. The van der Waals surface area contributed by atoms with Gasteiger partial charge in [0.2, 0.25) is 0 Å². The Balaban J connectivity index is 1.47. The Labute approximate surface area is 158 Å². The van der Waals surface area contributed by atoms with Crippen LogP contribution in [0.3, 0.4) is 0 Å². The molecule has 4 heterocycles. The van der Waals surface area contributed by atoms with Gasteiger partial charge in [0.15, 0.2) is 0 Å². The molecule has 4 nitrogen and oxygen atoms in total. The second-order valence-electron chi connectivity index (χ2n) is 7.80. The van der Waals surface area contributed by atoms with Crippen LogP contribution in [0.25, 0.3) is 22.3 Å². The van der Waals surface area contributed by atoms with Crippen molar-refractivity contribution in [1.29, 1.82) is 0 Å². The van der Waals surface area contributed by atoms with Crippen molar-refractivity contribution in [1.82, 2.24) is 20.3 Å². The van der Waals surface area contributed by atoms with Crippen LogP contribution in [0.15, 0.2) is 23.8 Å². The topological polar surface area (TPSA) is 53.6 Å². The van der Waals surface area contributed by atoms with E-state index in [0.717, 1.165) is 24.4 Å². The molecule has 1 saturated heterocycles. The van der Waals surface area contributed by atoms with Gasteiger partial charge in [-0.05, 0) is 56.3 Å². The average Bonchev–Trinajstić information content (AvgIpc) is 3.36. The number of pyridine rings is 1. The summed E-state index contributed by atoms with van der Waals surface area (Å²) >= 11 is 1.82. The molecule has 0 atom stereocenters. The van der Waals surface area contributed by atoms with Crippen molar-refractivity contribution in [2.75, 3.05) is 13.1 Å². The first-order valence-electron chi connectivity index (χ1n) is 10.0. The fourth-order valence-corrected chi connectivity index (χ4v) is 5.55. The van der Waals surface area contributed by atoms with E-state index < -0.39 is 0 Å². The van der Waals surface area contributed by atoms with Crippen molar-refractivity contribution in [3.63, 3.8) is 0 Å². The Morgan fingerprint density at radius 2 is 1.85 bits per heavy atom. The maximum atomic E-state index is 5.01. The summed E-state index contributed by atoms with van der Waals surface area (Å²) in [6.07, 6.45) is 13.3. The van der Waals surface area contributed by atoms with Crippen molar-refractivity contribution < 1.29 is 0 Å². The van der Waals surface area contributed by atoms with Crippen molar-refractivity contribution in [3.05, 3.63) is 34.4 Å². The quantitative estimate of drug-likeness (QED) is 0.670. The van der Waals surface area contributed by atoms with E-state index in [1.165, 1.54) is 66.5 Å². The van der Waals surface area contributed by atoms with Crippen molar-refractivity contribution in [3.8, 4) is 11.3 Å². The van der Waals surface area contributed by atoms with Gasteiger partial charge in [0.05, 0.1) is 10.7 Å². The summed E-state index contributed by atoms with van der Waals surface area (Å²) in [5.74, 6) is 1.31. The zero-order valence-electron chi connectivity index (χ0n) is 15.1. The van der Waals surface area contributed by atoms with Gasteiger partial charge in [-0.15, -0.1) is 11.3 Å². The summed E-state index contributed by atoms with van der Waals surface area (Å²) in [7, 11) is 0. The lowest BCUT2D eigenvalue weighted by atomic mass is 9.84. The standard InChI is InChI=1S/C21H26N4S/c1-2-4-14(5-3-1)16-10-17-18(12-24-20(17)23-11-16)19-13-26-21(25-19)15-6-8-22-9-7-15/h10-15,22H,1-9H2,(H,23,24). The van der Waals surface area contributed by atoms with E-state index in [-0.39, 0.29) is 0 Å². The Kier molecular flexibility index (Phi) is 4.51. The van der Waals surface area contributed by atoms with Crippen LogP contribution in [0.1, 0.15) is 67.4 Å². The normalized spacial score (nSPS) is 20.0. The molecule has 0 aromatic carbocycles. The maximum Gasteiger partial charge on any atom is 0.137 e. The SMILES string of the molecule is c1nc2[nH]cc(-c3csc(C4CCNCC4)n3)c2cc1C1CCCCC1. The number of aromatic nitrogens is 3. The maximum absolute atomic E-state index is 5.01. The molecule has 0 bridgehead atoms. The zero-order chi connectivity index (χ0) is 17.3. The lowest BCUT2D eigenvalue weighted by Crippen LogP contribution is -2.26. The van der Waals surface area contributed by atoms with E-state index >= 15 is 0 Å². The summed E-state index contributed by atoms with van der Waals surface area (Å²) in [6, 6.07) is 2.37. The monoisotopic (exact) mass is 366 g/mol. The van der Waals surface area contributed by atoms with Crippen molar-refractivity contribution in [2.45, 2.75) is 56.8 Å². The van der Waals surface area contributed by atoms with Gasteiger partial charge in [-0.3, -0.25) is 0 Å². The molecule has 5 rings (SSSR count). The van der Waals surface area contributed by atoms with Crippen LogP contribution < -0.4 is 5.32 Å². The van der Waals surface area contributed by atoms with Crippen LogP contribution in [0, 0.1) is 0 Å². The number of fused-ring (bicyclic) bond motifs is 1. The Morgan fingerprint density at radius 3 is 2.69 bits per heavy atom. The minimum Gasteiger partial charge on any atom is -0.345 e. The molecule has 3 aromatic heterocycles. The van der Waals surface area contributed by atoms with E-state index in [0.29, 0.717) is 11.8 Å². The van der Waals surface area contributed by atoms with Crippen LogP contribution in [0.5, 0.6) is 0 Å². The second-order valence-corrected chi connectivity index (χ2v) is 8.69. The number of thiazole rings is 1. The van der Waals surface area contributed by atoms with Gasteiger partial charge < -0.3 is 10.3 Å². The third-order valence-corrected chi connectivity index (χ3v) is 7.12. The number of H-pyrrole nitrogens is 1. The molecule has 0 unspecified atom stereocenters. The highest BCUT2D eigenvalue weighted by atomic mass is 32.1.